The molecule has 6 nitrogen and oxygen atoms in total. The second kappa shape index (κ2) is 5.96. The van der Waals surface area contributed by atoms with E-state index in [1.807, 2.05) is 52.0 Å². The average Bonchev–Trinajstić information content (AvgIpc) is 2.91. The minimum Gasteiger partial charge on any atom is -0.347 e. The maximum atomic E-state index is 12.4. The van der Waals surface area contributed by atoms with Gasteiger partial charge in [0.05, 0.1) is 11.8 Å². The van der Waals surface area contributed by atoms with E-state index >= 15 is 0 Å². The van der Waals surface area contributed by atoms with Gasteiger partial charge in [0.25, 0.3) is 5.91 Å². The van der Waals surface area contributed by atoms with Crippen molar-refractivity contribution in [1.82, 2.24) is 20.3 Å². The molecule has 0 bridgehead atoms. The summed E-state index contributed by atoms with van der Waals surface area (Å²) < 4.78 is 0. The molecule has 6 heteroatoms. The molecule has 0 unspecified atom stereocenters. The Balaban J connectivity index is 1.91. The Kier molecular flexibility index (Phi) is 3.97. The number of anilines is 2. The van der Waals surface area contributed by atoms with Crippen LogP contribution in [0.1, 0.15) is 36.7 Å². The number of fused-ring (bicyclic) bond motifs is 1. The number of carbonyl (C=O) groups is 1. The topological polar surface area (TPSA) is 82.7 Å². The molecule has 0 spiro atoms. The molecule has 0 aliphatic rings. The van der Waals surface area contributed by atoms with Crippen LogP contribution in [-0.4, -0.2) is 26.4 Å². The Hall–Kier alpha value is -2.89. The zero-order valence-electron chi connectivity index (χ0n) is 14.3. The van der Waals surface area contributed by atoms with E-state index in [9.17, 15) is 4.79 Å². The summed E-state index contributed by atoms with van der Waals surface area (Å²) in [5, 5.41) is 6.15. The fraction of sp³-hybridized carbons (Fsp3) is 0.278. The third-order valence-electron chi connectivity index (χ3n) is 3.44. The molecule has 1 amide bonds. The molecular formula is C18H21N5O. The van der Waals surface area contributed by atoms with Crippen LogP contribution in [0.5, 0.6) is 0 Å². The van der Waals surface area contributed by atoms with Crippen molar-refractivity contribution in [2.24, 2.45) is 0 Å². The van der Waals surface area contributed by atoms with Crippen LogP contribution in [0.3, 0.4) is 0 Å². The number of rotatable bonds is 3. The van der Waals surface area contributed by atoms with Crippen molar-refractivity contribution in [3.63, 3.8) is 0 Å². The lowest BCUT2D eigenvalue weighted by Crippen LogP contribution is -2.40. The molecule has 0 saturated carbocycles. The lowest BCUT2D eigenvalue weighted by Gasteiger charge is -2.20. The van der Waals surface area contributed by atoms with E-state index in [1.165, 1.54) is 5.56 Å². The molecule has 3 N–H and O–H groups in total. The molecule has 3 rings (SSSR count). The Morgan fingerprint density at radius 2 is 1.88 bits per heavy atom. The molecule has 1 aromatic carbocycles. The van der Waals surface area contributed by atoms with Crippen LogP contribution >= 0.6 is 0 Å². The van der Waals surface area contributed by atoms with E-state index in [2.05, 4.69) is 25.6 Å². The van der Waals surface area contributed by atoms with Crippen molar-refractivity contribution in [3.8, 4) is 0 Å². The smallest absolute Gasteiger partial charge is 0.255 e. The summed E-state index contributed by atoms with van der Waals surface area (Å²) >= 11 is 0. The highest BCUT2D eigenvalue weighted by Gasteiger charge is 2.19. The molecule has 24 heavy (non-hydrogen) atoms. The maximum Gasteiger partial charge on any atom is 0.255 e. The van der Waals surface area contributed by atoms with E-state index in [-0.39, 0.29) is 11.4 Å². The first-order valence-corrected chi connectivity index (χ1v) is 7.82. The van der Waals surface area contributed by atoms with Gasteiger partial charge in [-0.15, -0.1) is 0 Å². The number of hydrogen-bond acceptors (Lipinski definition) is 4. The molecule has 0 atom stereocenters. The zero-order chi connectivity index (χ0) is 17.3. The first-order valence-electron chi connectivity index (χ1n) is 7.82. The van der Waals surface area contributed by atoms with Crippen molar-refractivity contribution in [2.75, 3.05) is 5.32 Å². The van der Waals surface area contributed by atoms with Gasteiger partial charge in [0, 0.05) is 17.4 Å². The Bertz CT molecular complexity index is 875. The molecule has 0 saturated heterocycles. The first-order chi connectivity index (χ1) is 11.3. The van der Waals surface area contributed by atoms with Crippen LogP contribution in [-0.2, 0) is 0 Å². The summed E-state index contributed by atoms with van der Waals surface area (Å²) in [5.41, 5.74) is 3.42. The van der Waals surface area contributed by atoms with Gasteiger partial charge in [-0.1, -0.05) is 17.7 Å². The van der Waals surface area contributed by atoms with Crippen molar-refractivity contribution in [2.45, 2.75) is 33.2 Å². The van der Waals surface area contributed by atoms with Crippen molar-refractivity contribution < 1.29 is 4.79 Å². The van der Waals surface area contributed by atoms with Crippen LogP contribution < -0.4 is 10.6 Å². The van der Waals surface area contributed by atoms with Crippen LogP contribution in [0, 0.1) is 6.92 Å². The molecule has 124 valence electrons. The van der Waals surface area contributed by atoms with Gasteiger partial charge in [0.15, 0.2) is 5.65 Å². The molecule has 0 aliphatic carbocycles. The molecule has 3 aromatic rings. The lowest BCUT2D eigenvalue weighted by molar-refractivity contribution is 0.0921. The number of aromatic nitrogens is 3. The normalized spacial score (nSPS) is 11.5. The summed E-state index contributed by atoms with van der Waals surface area (Å²) in [4.78, 5) is 24.3. The average molecular weight is 323 g/mol. The maximum absolute atomic E-state index is 12.4. The minimum atomic E-state index is -0.314. The van der Waals surface area contributed by atoms with Gasteiger partial charge in [-0.25, -0.2) is 9.97 Å². The van der Waals surface area contributed by atoms with Crippen molar-refractivity contribution in [1.29, 1.82) is 0 Å². The van der Waals surface area contributed by atoms with Crippen LogP contribution in [0.2, 0.25) is 0 Å². The molecular weight excluding hydrogens is 302 g/mol. The first kappa shape index (κ1) is 16.0. The number of hydrogen-bond donors (Lipinski definition) is 3. The van der Waals surface area contributed by atoms with Crippen molar-refractivity contribution in [3.05, 3.63) is 47.8 Å². The van der Waals surface area contributed by atoms with Gasteiger partial charge in [0.1, 0.15) is 11.3 Å². The van der Waals surface area contributed by atoms with Crippen LogP contribution in [0.25, 0.3) is 11.2 Å². The van der Waals surface area contributed by atoms with E-state index in [0.717, 1.165) is 5.69 Å². The molecule has 2 heterocycles. The van der Waals surface area contributed by atoms with Gasteiger partial charge in [0.2, 0.25) is 0 Å². The Morgan fingerprint density at radius 3 is 2.54 bits per heavy atom. The third kappa shape index (κ3) is 3.53. The third-order valence-corrected chi connectivity index (χ3v) is 3.44. The Morgan fingerprint density at radius 1 is 1.17 bits per heavy atom. The minimum absolute atomic E-state index is 0.171. The number of amides is 1. The van der Waals surface area contributed by atoms with Gasteiger partial charge < -0.3 is 15.6 Å². The highest BCUT2D eigenvalue weighted by atomic mass is 16.1. The quantitative estimate of drug-likeness (QED) is 0.688. The second-order valence-electron chi connectivity index (χ2n) is 6.85. The molecule has 0 radical (unpaired) electrons. The highest BCUT2D eigenvalue weighted by Crippen LogP contribution is 2.20. The predicted molar refractivity (Wildman–Crippen MR) is 95.6 cm³/mol. The summed E-state index contributed by atoms with van der Waals surface area (Å²) in [6.07, 6.45) is 3.28. The SMILES string of the molecule is Cc1ccc(Nc2cnc3[nH]cc(C(=O)NC(C)(C)C)c3n2)cc1. The fourth-order valence-electron chi connectivity index (χ4n) is 2.32. The number of aryl methyl sites for hydroxylation is 1. The van der Waals surface area contributed by atoms with E-state index in [1.54, 1.807) is 12.4 Å². The summed E-state index contributed by atoms with van der Waals surface area (Å²) in [5.74, 6) is 0.422. The van der Waals surface area contributed by atoms with Crippen LogP contribution in [0.15, 0.2) is 36.7 Å². The number of carbonyl (C=O) groups excluding carboxylic acids is 1. The van der Waals surface area contributed by atoms with Gasteiger partial charge >= 0.3 is 0 Å². The number of aromatic amines is 1. The zero-order valence-corrected chi connectivity index (χ0v) is 14.3. The van der Waals surface area contributed by atoms with Crippen molar-refractivity contribution >= 4 is 28.6 Å². The standard InChI is InChI=1S/C18H21N5O/c1-11-5-7-12(8-6-11)21-14-10-20-16-15(22-14)13(9-19-16)17(24)23-18(2,3)4/h5-10H,1-4H3,(H,19,20)(H,21,22)(H,23,24). The highest BCUT2D eigenvalue weighted by molar-refractivity contribution is 6.04. The van der Waals surface area contributed by atoms with Crippen LogP contribution in [0.4, 0.5) is 11.5 Å². The summed E-state index contributed by atoms with van der Waals surface area (Å²) in [6.45, 7) is 7.86. The van der Waals surface area contributed by atoms with E-state index in [0.29, 0.717) is 22.5 Å². The fourth-order valence-corrected chi connectivity index (χ4v) is 2.32. The number of H-pyrrole nitrogens is 1. The molecule has 0 aliphatic heterocycles. The second-order valence-corrected chi connectivity index (χ2v) is 6.85. The predicted octanol–water partition coefficient (Wildman–Crippen LogP) is 3.54. The van der Waals surface area contributed by atoms with E-state index < -0.39 is 0 Å². The Labute approximate surface area is 140 Å². The molecule has 2 aromatic heterocycles. The van der Waals surface area contributed by atoms with Gasteiger partial charge in [-0.05, 0) is 39.8 Å². The van der Waals surface area contributed by atoms with Gasteiger partial charge in [-0.3, -0.25) is 4.79 Å². The lowest BCUT2D eigenvalue weighted by atomic mass is 10.1. The van der Waals surface area contributed by atoms with E-state index in [4.69, 9.17) is 0 Å². The number of nitrogens with zero attached hydrogens (tertiary/aromatic N) is 2. The summed E-state index contributed by atoms with van der Waals surface area (Å²) in [6, 6.07) is 8.00. The monoisotopic (exact) mass is 323 g/mol. The largest absolute Gasteiger partial charge is 0.347 e. The van der Waals surface area contributed by atoms with Gasteiger partial charge in [-0.2, -0.15) is 0 Å². The number of nitrogens with one attached hydrogen (secondary N) is 3. The summed E-state index contributed by atoms with van der Waals surface area (Å²) in [7, 11) is 0. The molecule has 0 fully saturated rings. The number of benzene rings is 1.